The molecule has 0 unspecified atom stereocenters. The second-order valence-electron chi connectivity index (χ2n) is 8.82. The molecule has 7 nitrogen and oxygen atoms in total. The van der Waals surface area contributed by atoms with E-state index in [0.29, 0.717) is 5.56 Å². The van der Waals surface area contributed by atoms with Crippen LogP contribution in [0.5, 0.6) is 0 Å². The lowest BCUT2D eigenvalue weighted by Gasteiger charge is -2.29. The number of likely N-dealkylation sites (N-methyl/N-ethyl adjacent to an activating group) is 1. The summed E-state index contributed by atoms with van der Waals surface area (Å²) in [5.41, 5.74) is 5.95. The van der Waals surface area contributed by atoms with Crippen LogP contribution in [-0.4, -0.2) is 64.7 Å². The topological polar surface area (TPSA) is 62.6 Å². The molecule has 0 spiro atoms. The molecule has 178 valence electrons. The van der Waals surface area contributed by atoms with E-state index in [0.717, 1.165) is 41.0 Å². The molecule has 0 amide bonds. The Morgan fingerprint density at radius 2 is 1.91 bits per heavy atom. The van der Waals surface area contributed by atoms with Crippen LogP contribution < -0.4 is 5.32 Å². The highest BCUT2D eigenvalue weighted by atomic mass is 32.1. The van der Waals surface area contributed by atoms with Crippen molar-refractivity contribution in [2.75, 3.05) is 34.3 Å². The molecule has 8 heteroatoms. The van der Waals surface area contributed by atoms with Crippen molar-refractivity contribution in [2.45, 2.75) is 25.9 Å². The quantitative estimate of drug-likeness (QED) is 0.410. The minimum Gasteiger partial charge on any atom is -0.465 e. The van der Waals surface area contributed by atoms with Crippen molar-refractivity contribution in [3.63, 3.8) is 0 Å². The van der Waals surface area contributed by atoms with Gasteiger partial charge >= 0.3 is 5.97 Å². The van der Waals surface area contributed by atoms with E-state index < -0.39 is 0 Å². The highest BCUT2D eigenvalue weighted by molar-refractivity contribution is 7.80. The van der Waals surface area contributed by atoms with E-state index >= 15 is 0 Å². The first-order valence-corrected chi connectivity index (χ1v) is 11.7. The maximum absolute atomic E-state index is 11.9. The smallest absolute Gasteiger partial charge is 0.337 e. The highest BCUT2D eigenvalue weighted by Gasteiger charge is 2.41. The molecule has 34 heavy (non-hydrogen) atoms. The number of aryl methyl sites for hydroxylation is 1. The number of pyridine rings is 1. The molecule has 2 atom stereocenters. The van der Waals surface area contributed by atoms with E-state index in [9.17, 15) is 4.79 Å². The number of aromatic nitrogens is 2. The Kier molecular flexibility index (Phi) is 7.00. The number of thiocarbonyl (C=S) groups is 1. The lowest BCUT2D eigenvalue weighted by Crippen LogP contribution is -2.35. The molecule has 1 aliphatic rings. The van der Waals surface area contributed by atoms with Crippen molar-refractivity contribution >= 4 is 23.3 Å². The largest absolute Gasteiger partial charge is 0.465 e. The van der Waals surface area contributed by atoms with Crippen LogP contribution >= 0.6 is 12.2 Å². The summed E-state index contributed by atoms with van der Waals surface area (Å²) in [4.78, 5) is 20.9. The van der Waals surface area contributed by atoms with Gasteiger partial charge in [-0.3, -0.25) is 4.98 Å². The number of esters is 1. The fraction of sp³-hybridized carbons (Fsp3) is 0.346. The lowest BCUT2D eigenvalue weighted by molar-refractivity contribution is 0.0600. The fourth-order valence-corrected chi connectivity index (χ4v) is 4.97. The van der Waals surface area contributed by atoms with Gasteiger partial charge in [-0.25, -0.2) is 4.79 Å². The Balaban J connectivity index is 1.76. The van der Waals surface area contributed by atoms with Gasteiger partial charge in [-0.2, -0.15) is 0 Å². The van der Waals surface area contributed by atoms with E-state index in [2.05, 4.69) is 58.7 Å². The van der Waals surface area contributed by atoms with Gasteiger partial charge in [-0.15, -0.1) is 0 Å². The summed E-state index contributed by atoms with van der Waals surface area (Å²) < 4.78 is 7.06. The van der Waals surface area contributed by atoms with E-state index in [4.69, 9.17) is 17.0 Å². The zero-order valence-corrected chi connectivity index (χ0v) is 21.1. The average Bonchev–Trinajstić information content (AvgIpc) is 3.32. The zero-order chi connectivity index (χ0) is 24.4. The number of carbonyl (C=O) groups excluding carboxylic acids is 1. The third kappa shape index (κ3) is 4.56. The van der Waals surface area contributed by atoms with Crippen LogP contribution in [0.4, 0.5) is 0 Å². The van der Waals surface area contributed by atoms with Crippen molar-refractivity contribution < 1.29 is 9.53 Å². The molecule has 1 saturated heterocycles. The summed E-state index contributed by atoms with van der Waals surface area (Å²) >= 11 is 5.79. The maximum Gasteiger partial charge on any atom is 0.337 e. The Labute approximate surface area is 206 Å². The number of nitrogens with zero attached hydrogens (tertiary/aromatic N) is 4. The predicted molar refractivity (Wildman–Crippen MR) is 137 cm³/mol. The molecule has 3 aromatic rings. The SMILES string of the molecule is COC(=O)c1ccc(-n2c(C)cc([C@H]3[C@@H](c4ccccn4)NC(=S)N3CCN(C)C)c2C)cc1. The number of nitrogens with one attached hydrogen (secondary N) is 1. The fourth-order valence-electron chi connectivity index (χ4n) is 4.64. The predicted octanol–water partition coefficient (Wildman–Crippen LogP) is 3.81. The summed E-state index contributed by atoms with van der Waals surface area (Å²) in [7, 11) is 5.53. The van der Waals surface area contributed by atoms with Crippen molar-refractivity contribution in [1.29, 1.82) is 0 Å². The van der Waals surface area contributed by atoms with Crippen LogP contribution in [0, 0.1) is 13.8 Å². The molecule has 0 aliphatic carbocycles. The molecule has 0 radical (unpaired) electrons. The van der Waals surface area contributed by atoms with Gasteiger partial charge in [0.15, 0.2) is 5.11 Å². The number of hydrogen-bond donors (Lipinski definition) is 1. The second kappa shape index (κ2) is 9.95. The number of carbonyl (C=O) groups is 1. The molecule has 1 aliphatic heterocycles. The van der Waals surface area contributed by atoms with Crippen LogP contribution in [-0.2, 0) is 4.74 Å². The van der Waals surface area contributed by atoms with Crippen LogP contribution in [0.15, 0.2) is 54.7 Å². The molecular weight excluding hydrogens is 446 g/mol. The Hall–Kier alpha value is -3.23. The molecule has 0 bridgehead atoms. The second-order valence-corrected chi connectivity index (χ2v) is 9.21. The van der Waals surface area contributed by atoms with Gasteiger partial charge in [0.1, 0.15) is 0 Å². The first-order chi connectivity index (χ1) is 16.3. The minimum atomic E-state index is -0.339. The number of ether oxygens (including phenoxy) is 1. The number of benzene rings is 1. The third-order valence-electron chi connectivity index (χ3n) is 6.32. The maximum atomic E-state index is 11.9. The first-order valence-electron chi connectivity index (χ1n) is 11.3. The van der Waals surface area contributed by atoms with Crippen molar-refractivity contribution in [2.24, 2.45) is 0 Å². The third-order valence-corrected chi connectivity index (χ3v) is 6.67. The molecule has 4 rings (SSSR count). The van der Waals surface area contributed by atoms with Gasteiger partial charge in [-0.1, -0.05) is 6.07 Å². The minimum absolute atomic E-state index is 0.0108. The van der Waals surface area contributed by atoms with E-state index in [1.54, 1.807) is 12.1 Å². The summed E-state index contributed by atoms with van der Waals surface area (Å²) in [5.74, 6) is -0.339. The lowest BCUT2D eigenvalue weighted by atomic mass is 9.96. The average molecular weight is 478 g/mol. The molecule has 1 aromatic carbocycles. The first kappa shape index (κ1) is 23.9. The van der Waals surface area contributed by atoms with Crippen LogP contribution in [0.25, 0.3) is 5.69 Å². The normalized spacial score (nSPS) is 17.8. The summed E-state index contributed by atoms with van der Waals surface area (Å²) in [6, 6.07) is 15.7. The van der Waals surface area contributed by atoms with Crippen LogP contribution in [0.3, 0.4) is 0 Å². The van der Waals surface area contributed by atoms with Gasteiger partial charge < -0.3 is 24.4 Å². The van der Waals surface area contributed by atoms with E-state index in [1.807, 2.05) is 36.5 Å². The summed E-state index contributed by atoms with van der Waals surface area (Å²) in [6.45, 7) is 5.94. The Morgan fingerprint density at radius 1 is 1.18 bits per heavy atom. The van der Waals surface area contributed by atoms with Crippen molar-refractivity contribution in [1.82, 2.24) is 24.7 Å². The number of hydrogen-bond acceptors (Lipinski definition) is 5. The Bertz CT molecular complexity index is 1170. The van der Waals surface area contributed by atoms with E-state index in [1.165, 1.54) is 12.7 Å². The van der Waals surface area contributed by atoms with Crippen LogP contribution in [0.2, 0.25) is 0 Å². The molecular formula is C26H31N5O2S. The van der Waals surface area contributed by atoms with Gasteiger partial charge in [0.05, 0.1) is 30.5 Å². The van der Waals surface area contributed by atoms with Crippen molar-refractivity contribution in [3.8, 4) is 5.69 Å². The number of methoxy groups -OCH3 is 1. The van der Waals surface area contributed by atoms with E-state index in [-0.39, 0.29) is 18.1 Å². The Morgan fingerprint density at radius 3 is 2.53 bits per heavy atom. The van der Waals surface area contributed by atoms with Gasteiger partial charge in [-0.05, 0) is 88.2 Å². The van der Waals surface area contributed by atoms with Gasteiger partial charge in [0.25, 0.3) is 0 Å². The monoisotopic (exact) mass is 477 g/mol. The highest BCUT2D eigenvalue weighted by Crippen LogP contribution is 2.41. The van der Waals surface area contributed by atoms with Crippen LogP contribution in [0.1, 0.15) is 45.1 Å². The molecule has 0 saturated carbocycles. The van der Waals surface area contributed by atoms with Gasteiger partial charge in [0, 0.05) is 36.4 Å². The standard InChI is InChI=1S/C26H31N5O2S/c1-17-16-21(18(2)31(17)20-11-9-19(10-12-20)25(32)33-5)24-23(22-8-6-7-13-27-22)28-26(34)30(24)15-14-29(3)4/h6-13,16,23-24H,14-15H2,1-5H3,(H,28,34)/t23-,24+/m1/s1. The van der Waals surface area contributed by atoms with Gasteiger partial charge in [0.2, 0.25) is 0 Å². The summed E-state index contributed by atoms with van der Waals surface area (Å²) in [6.07, 6.45) is 1.83. The molecule has 3 heterocycles. The zero-order valence-electron chi connectivity index (χ0n) is 20.3. The molecule has 1 fully saturated rings. The van der Waals surface area contributed by atoms with Crippen molar-refractivity contribution in [3.05, 3.63) is 82.9 Å². The molecule has 1 N–H and O–H groups in total. The summed E-state index contributed by atoms with van der Waals surface area (Å²) in [5, 5.41) is 4.28. The molecule has 2 aromatic heterocycles. The number of rotatable bonds is 7.